The summed E-state index contributed by atoms with van der Waals surface area (Å²) < 4.78 is 14.0. The van der Waals surface area contributed by atoms with Crippen molar-refractivity contribution in [1.82, 2.24) is 15.0 Å². The van der Waals surface area contributed by atoms with Gasteiger partial charge in [-0.3, -0.25) is 4.79 Å². The fraction of sp³-hybridized carbons (Fsp3) is 0.214. The summed E-state index contributed by atoms with van der Waals surface area (Å²) in [4.78, 5) is 26.2. The third-order valence-corrected chi connectivity index (χ3v) is 5.76. The third-order valence-electron chi connectivity index (χ3n) is 5.76. The summed E-state index contributed by atoms with van der Waals surface area (Å²) in [5.41, 5.74) is 6.18. The van der Waals surface area contributed by atoms with Crippen molar-refractivity contribution in [2.75, 3.05) is 21.3 Å². The van der Waals surface area contributed by atoms with E-state index in [0.717, 1.165) is 33.6 Å². The summed E-state index contributed by atoms with van der Waals surface area (Å²) in [6, 6.07) is 17.3. The lowest BCUT2D eigenvalue weighted by atomic mass is 10.1. The van der Waals surface area contributed by atoms with Crippen LogP contribution in [0.25, 0.3) is 0 Å². The lowest BCUT2D eigenvalue weighted by Gasteiger charge is -2.17. The van der Waals surface area contributed by atoms with Crippen LogP contribution in [0, 0.1) is 33.5 Å². The molecule has 0 aliphatic heterocycles. The summed E-state index contributed by atoms with van der Waals surface area (Å²) >= 11 is 0. The maximum absolute atomic E-state index is 14.0. The lowest BCUT2D eigenvalue weighted by Crippen LogP contribution is -2.33. The average molecular weight is 500 g/mol. The first kappa shape index (κ1) is 25.6. The number of rotatable bonds is 8. The van der Waals surface area contributed by atoms with Crippen LogP contribution >= 0.6 is 0 Å². The summed E-state index contributed by atoms with van der Waals surface area (Å²) in [7, 11) is 0. The quantitative estimate of drug-likeness (QED) is 0.230. The Labute approximate surface area is 215 Å². The second-order valence-corrected chi connectivity index (χ2v) is 9.03. The maximum atomic E-state index is 14.0. The topological polar surface area (TPSA) is 104 Å². The van der Waals surface area contributed by atoms with Gasteiger partial charge in [0.1, 0.15) is 11.9 Å². The van der Waals surface area contributed by atoms with E-state index in [2.05, 4.69) is 48.4 Å². The standard InChI is InChI=1S/C28H30FN7O/c1-16-10-12-22(18(3)14-16)32-27-34-26(30-20(5)25(37)31-24-9-7-6-8-21(24)29)35-28(36-27)33-23-13-11-17(2)15-19(23)4/h6-15,20H,1-5H3,(H,31,37)(H3,30,32,33,34,35,36)/t20-/m0/s1. The number of hydrogen-bond donors (Lipinski definition) is 4. The van der Waals surface area contributed by atoms with Crippen LogP contribution in [-0.2, 0) is 4.79 Å². The molecule has 0 saturated heterocycles. The molecule has 0 spiro atoms. The maximum Gasteiger partial charge on any atom is 0.246 e. The molecule has 0 aliphatic rings. The highest BCUT2D eigenvalue weighted by Crippen LogP contribution is 2.24. The Balaban J connectivity index is 1.61. The Hall–Kier alpha value is -4.53. The number of carbonyl (C=O) groups excluding carboxylic acids is 1. The van der Waals surface area contributed by atoms with Crippen molar-refractivity contribution >= 4 is 40.8 Å². The fourth-order valence-corrected chi connectivity index (χ4v) is 3.76. The van der Waals surface area contributed by atoms with Crippen LogP contribution in [0.3, 0.4) is 0 Å². The molecular formula is C28H30FN7O. The van der Waals surface area contributed by atoms with E-state index in [4.69, 9.17) is 0 Å². The first-order chi connectivity index (χ1) is 17.7. The highest BCUT2D eigenvalue weighted by molar-refractivity contribution is 5.96. The fourth-order valence-electron chi connectivity index (χ4n) is 3.76. The average Bonchev–Trinajstić information content (AvgIpc) is 2.84. The van der Waals surface area contributed by atoms with Gasteiger partial charge < -0.3 is 21.3 Å². The summed E-state index contributed by atoms with van der Waals surface area (Å²) in [6.45, 7) is 9.70. The molecule has 0 radical (unpaired) electrons. The first-order valence-corrected chi connectivity index (χ1v) is 11.9. The van der Waals surface area contributed by atoms with Crippen LogP contribution in [0.15, 0.2) is 60.7 Å². The normalized spacial score (nSPS) is 11.5. The number of anilines is 6. The molecule has 4 rings (SSSR count). The van der Waals surface area contributed by atoms with E-state index in [-0.39, 0.29) is 11.6 Å². The van der Waals surface area contributed by atoms with E-state index in [0.29, 0.717) is 11.9 Å². The van der Waals surface area contributed by atoms with Gasteiger partial charge in [-0.1, -0.05) is 47.5 Å². The van der Waals surface area contributed by atoms with Gasteiger partial charge in [-0.05, 0) is 70.0 Å². The number of amides is 1. The number of benzene rings is 3. The van der Waals surface area contributed by atoms with Crippen molar-refractivity contribution in [3.63, 3.8) is 0 Å². The minimum absolute atomic E-state index is 0.103. The van der Waals surface area contributed by atoms with Crippen LogP contribution in [-0.4, -0.2) is 26.9 Å². The zero-order valence-electron chi connectivity index (χ0n) is 21.5. The molecule has 1 atom stereocenters. The minimum atomic E-state index is -0.759. The summed E-state index contributed by atoms with van der Waals surface area (Å²) in [5.74, 6) is -0.149. The number of aromatic nitrogens is 3. The van der Waals surface area contributed by atoms with Gasteiger partial charge in [0.15, 0.2) is 0 Å². The molecule has 1 heterocycles. The second kappa shape index (κ2) is 11.0. The van der Waals surface area contributed by atoms with Crippen molar-refractivity contribution in [3.05, 3.63) is 88.7 Å². The third kappa shape index (κ3) is 6.58. The second-order valence-electron chi connectivity index (χ2n) is 9.03. The van der Waals surface area contributed by atoms with Gasteiger partial charge in [-0.2, -0.15) is 15.0 Å². The van der Waals surface area contributed by atoms with E-state index in [9.17, 15) is 9.18 Å². The Kier molecular flexibility index (Phi) is 7.62. The van der Waals surface area contributed by atoms with Gasteiger partial charge in [-0.15, -0.1) is 0 Å². The number of nitrogens with zero attached hydrogens (tertiary/aromatic N) is 3. The molecule has 0 fully saturated rings. The van der Waals surface area contributed by atoms with Gasteiger partial charge in [0.25, 0.3) is 0 Å². The highest BCUT2D eigenvalue weighted by atomic mass is 19.1. The largest absolute Gasteiger partial charge is 0.342 e. The Morgan fingerprint density at radius 2 is 1.24 bits per heavy atom. The van der Waals surface area contributed by atoms with Crippen molar-refractivity contribution in [2.24, 2.45) is 0 Å². The number of carbonyl (C=O) groups is 1. The van der Waals surface area contributed by atoms with Gasteiger partial charge in [0, 0.05) is 11.4 Å². The number of nitrogens with one attached hydrogen (secondary N) is 4. The SMILES string of the molecule is Cc1ccc(Nc2nc(Nc3ccc(C)cc3C)nc(N[C@@H](C)C(=O)Nc3ccccc3F)n2)c(C)c1. The zero-order chi connectivity index (χ0) is 26.5. The lowest BCUT2D eigenvalue weighted by molar-refractivity contribution is -0.116. The van der Waals surface area contributed by atoms with E-state index < -0.39 is 17.8 Å². The van der Waals surface area contributed by atoms with Gasteiger partial charge in [-0.25, -0.2) is 4.39 Å². The van der Waals surface area contributed by atoms with Crippen molar-refractivity contribution < 1.29 is 9.18 Å². The van der Waals surface area contributed by atoms with E-state index >= 15 is 0 Å². The molecule has 0 aliphatic carbocycles. The van der Waals surface area contributed by atoms with Gasteiger partial charge in [0.2, 0.25) is 23.8 Å². The van der Waals surface area contributed by atoms with Crippen molar-refractivity contribution in [2.45, 2.75) is 40.7 Å². The summed E-state index contributed by atoms with van der Waals surface area (Å²) in [6.07, 6.45) is 0. The van der Waals surface area contributed by atoms with Crippen molar-refractivity contribution in [3.8, 4) is 0 Å². The smallest absolute Gasteiger partial charge is 0.246 e. The predicted molar refractivity (Wildman–Crippen MR) is 146 cm³/mol. The Morgan fingerprint density at radius 1 is 0.730 bits per heavy atom. The molecule has 0 saturated carbocycles. The van der Waals surface area contributed by atoms with Crippen LogP contribution in [0.4, 0.5) is 39.3 Å². The predicted octanol–water partition coefficient (Wildman–Crippen LogP) is 6.17. The zero-order valence-corrected chi connectivity index (χ0v) is 21.5. The van der Waals surface area contributed by atoms with Crippen LogP contribution in [0.2, 0.25) is 0 Å². The molecule has 190 valence electrons. The highest BCUT2D eigenvalue weighted by Gasteiger charge is 2.17. The molecule has 3 aromatic carbocycles. The van der Waals surface area contributed by atoms with Crippen molar-refractivity contribution in [1.29, 1.82) is 0 Å². The molecule has 0 unspecified atom stereocenters. The van der Waals surface area contributed by atoms with E-state index in [1.165, 1.54) is 12.1 Å². The monoisotopic (exact) mass is 499 g/mol. The minimum Gasteiger partial charge on any atom is -0.342 e. The molecule has 4 aromatic rings. The van der Waals surface area contributed by atoms with E-state index in [1.807, 2.05) is 52.0 Å². The number of halogens is 1. The van der Waals surface area contributed by atoms with Crippen LogP contribution in [0.1, 0.15) is 29.2 Å². The number of aryl methyl sites for hydroxylation is 4. The molecule has 9 heteroatoms. The Bertz CT molecular complexity index is 1370. The van der Waals surface area contributed by atoms with Gasteiger partial charge >= 0.3 is 0 Å². The van der Waals surface area contributed by atoms with E-state index in [1.54, 1.807) is 19.1 Å². The molecule has 37 heavy (non-hydrogen) atoms. The first-order valence-electron chi connectivity index (χ1n) is 11.9. The molecule has 1 aromatic heterocycles. The molecule has 4 N–H and O–H groups in total. The molecular weight excluding hydrogens is 469 g/mol. The molecule has 0 bridgehead atoms. The van der Waals surface area contributed by atoms with Crippen LogP contribution in [0.5, 0.6) is 0 Å². The molecule has 8 nitrogen and oxygen atoms in total. The summed E-state index contributed by atoms with van der Waals surface area (Å²) in [5, 5.41) is 12.1. The molecule has 1 amide bonds. The number of para-hydroxylation sites is 1. The Morgan fingerprint density at radius 3 is 1.76 bits per heavy atom. The number of hydrogen-bond acceptors (Lipinski definition) is 7. The van der Waals surface area contributed by atoms with Crippen LogP contribution < -0.4 is 21.3 Å². The van der Waals surface area contributed by atoms with Gasteiger partial charge in [0.05, 0.1) is 5.69 Å².